The van der Waals surface area contributed by atoms with Crippen molar-refractivity contribution in [2.75, 3.05) is 31.1 Å². The summed E-state index contributed by atoms with van der Waals surface area (Å²) in [5.41, 5.74) is 2.94. The van der Waals surface area contributed by atoms with Gasteiger partial charge in [-0.2, -0.15) is 0 Å². The van der Waals surface area contributed by atoms with Crippen LogP contribution in [-0.4, -0.2) is 42.2 Å². The van der Waals surface area contributed by atoms with Gasteiger partial charge in [-0.05, 0) is 54.7 Å². The van der Waals surface area contributed by atoms with Crippen LogP contribution in [0.5, 0.6) is 0 Å². The fourth-order valence-electron chi connectivity index (χ4n) is 3.84. The van der Waals surface area contributed by atoms with Crippen molar-refractivity contribution in [1.82, 2.24) is 4.90 Å². The average molecular weight is 368 g/mol. The smallest absolute Gasteiger partial charge is 0.309 e. The fourth-order valence-corrected chi connectivity index (χ4v) is 3.84. The van der Waals surface area contributed by atoms with Gasteiger partial charge in [-0.1, -0.05) is 24.3 Å². The number of carbonyl (C=O) groups is 1. The molecule has 0 unspecified atom stereocenters. The second-order valence-electron chi connectivity index (χ2n) is 7.82. The van der Waals surface area contributed by atoms with Gasteiger partial charge in [-0.25, -0.2) is 4.39 Å². The molecule has 1 aliphatic heterocycles. The van der Waals surface area contributed by atoms with Crippen LogP contribution in [-0.2, 0) is 17.8 Å². The molecule has 0 bridgehead atoms. The molecule has 0 spiro atoms. The molecule has 0 aromatic heterocycles. The van der Waals surface area contributed by atoms with Crippen LogP contribution >= 0.6 is 0 Å². The molecule has 1 N–H and O–H groups in total. The van der Waals surface area contributed by atoms with E-state index in [1.807, 2.05) is 12.1 Å². The number of rotatable bonds is 6. The Morgan fingerprint density at radius 3 is 2.07 bits per heavy atom. The summed E-state index contributed by atoms with van der Waals surface area (Å²) in [5.74, 6) is -0.859. The maximum Gasteiger partial charge on any atom is 0.309 e. The van der Waals surface area contributed by atoms with E-state index in [1.165, 1.54) is 17.7 Å². The molecule has 2 aromatic rings. The molecule has 1 saturated heterocycles. The van der Waals surface area contributed by atoms with Crippen LogP contribution in [0.15, 0.2) is 48.5 Å². The minimum absolute atomic E-state index is 0.197. The van der Waals surface area contributed by atoms with Gasteiger partial charge in [0.1, 0.15) is 5.82 Å². The number of carboxylic acids is 1. The summed E-state index contributed by atoms with van der Waals surface area (Å²) in [7, 11) is 0. The predicted octanol–water partition coefficient (Wildman–Crippen LogP) is 3.56. The Hall–Kier alpha value is -2.40. The summed E-state index contributed by atoms with van der Waals surface area (Å²) in [4.78, 5) is 16.1. The topological polar surface area (TPSA) is 43.8 Å². The van der Waals surface area contributed by atoms with E-state index in [9.17, 15) is 14.3 Å². The molecule has 0 atom stereocenters. The van der Waals surface area contributed by atoms with Gasteiger partial charge in [0.05, 0.1) is 5.41 Å². The third-order valence-corrected chi connectivity index (χ3v) is 5.84. The molecule has 1 saturated carbocycles. The lowest BCUT2D eigenvalue weighted by atomic mass is 9.96. The van der Waals surface area contributed by atoms with Gasteiger partial charge in [0.2, 0.25) is 0 Å². The Balaban J connectivity index is 1.29. The van der Waals surface area contributed by atoms with Crippen LogP contribution in [0.4, 0.5) is 10.1 Å². The predicted molar refractivity (Wildman–Crippen MR) is 103 cm³/mol. The van der Waals surface area contributed by atoms with Gasteiger partial charge in [-0.15, -0.1) is 0 Å². The highest BCUT2D eigenvalue weighted by molar-refractivity contribution is 5.78. The SMILES string of the molecule is O=C(O)C1(Cc2ccc(CN3CCN(c4ccc(F)cc4)CC3)cc2)CC1. The van der Waals surface area contributed by atoms with Gasteiger partial charge in [0.15, 0.2) is 0 Å². The van der Waals surface area contributed by atoms with E-state index in [-0.39, 0.29) is 5.82 Å². The zero-order chi connectivity index (χ0) is 18.9. The van der Waals surface area contributed by atoms with Crippen LogP contribution in [0.3, 0.4) is 0 Å². The average Bonchev–Trinajstić information content (AvgIpc) is 3.46. The molecular formula is C22H25FN2O2. The van der Waals surface area contributed by atoms with Crippen LogP contribution in [0.1, 0.15) is 24.0 Å². The zero-order valence-electron chi connectivity index (χ0n) is 15.4. The van der Waals surface area contributed by atoms with Crippen molar-refractivity contribution in [2.24, 2.45) is 5.41 Å². The Morgan fingerprint density at radius 2 is 1.52 bits per heavy atom. The third kappa shape index (κ3) is 4.14. The number of anilines is 1. The van der Waals surface area contributed by atoms with Crippen LogP contribution < -0.4 is 4.90 Å². The summed E-state index contributed by atoms with van der Waals surface area (Å²) in [6.07, 6.45) is 2.23. The van der Waals surface area contributed by atoms with Crippen molar-refractivity contribution in [3.05, 3.63) is 65.5 Å². The van der Waals surface area contributed by atoms with Crippen LogP contribution in [0, 0.1) is 11.2 Å². The van der Waals surface area contributed by atoms with E-state index in [1.54, 1.807) is 0 Å². The quantitative estimate of drug-likeness (QED) is 0.847. The second-order valence-corrected chi connectivity index (χ2v) is 7.82. The largest absolute Gasteiger partial charge is 0.481 e. The van der Waals surface area contributed by atoms with Crippen molar-refractivity contribution < 1.29 is 14.3 Å². The minimum Gasteiger partial charge on any atom is -0.481 e. The lowest BCUT2D eigenvalue weighted by Crippen LogP contribution is -2.45. The lowest BCUT2D eigenvalue weighted by molar-refractivity contribution is -0.143. The van der Waals surface area contributed by atoms with E-state index >= 15 is 0 Å². The zero-order valence-corrected chi connectivity index (χ0v) is 15.4. The van der Waals surface area contributed by atoms with Gasteiger partial charge in [0, 0.05) is 38.4 Å². The molecule has 4 rings (SSSR count). The molecule has 1 heterocycles. The highest BCUT2D eigenvalue weighted by Gasteiger charge is 2.49. The molecular weight excluding hydrogens is 343 g/mol. The first-order chi connectivity index (χ1) is 13.0. The Labute approximate surface area is 159 Å². The number of carboxylic acid groups (broad SMARTS) is 1. The molecule has 142 valence electrons. The van der Waals surface area contributed by atoms with E-state index in [4.69, 9.17) is 0 Å². The first-order valence-electron chi connectivity index (χ1n) is 9.58. The van der Waals surface area contributed by atoms with E-state index in [0.717, 1.165) is 56.8 Å². The normalized spacial score (nSPS) is 19.1. The lowest BCUT2D eigenvalue weighted by Gasteiger charge is -2.36. The maximum absolute atomic E-state index is 13.1. The number of piperazine rings is 1. The standard InChI is InChI=1S/C22H25FN2O2/c23-19-5-7-20(8-6-19)25-13-11-24(12-14-25)16-18-3-1-17(2-4-18)15-22(9-10-22)21(26)27/h1-8H,9-16H2,(H,26,27). The number of hydrogen-bond acceptors (Lipinski definition) is 3. The Bertz CT molecular complexity index is 792. The summed E-state index contributed by atoms with van der Waals surface area (Å²) in [5, 5.41) is 9.32. The molecule has 2 aliphatic rings. The highest BCUT2D eigenvalue weighted by atomic mass is 19.1. The first-order valence-corrected chi connectivity index (χ1v) is 9.58. The number of halogens is 1. The Morgan fingerprint density at radius 1 is 0.926 bits per heavy atom. The molecule has 0 amide bonds. The van der Waals surface area contributed by atoms with Crippen molar-refractivity contribution in [3.63, 3.8) is 0 Å². The number of aliphatic carboxylic acids is 1. The number of hydrogen-bond donors (Lipinski definition) is 1. The highest BCUT2D eigenvalue weighted by Crippen LogP contribution is 2.48. The summed E-state index contributed by atoms with van der Waals surface area (Å²) < 4.78 is 13.1. The van der Waals surface area contributed by atoms with Gasteiger partial charge >= 0.3 is 5.97 Å². The van der Waals surface area contributed by atoms with Crippen molar-refractivity contribution >= 4 is 11.7 Å². The van der Waals surface area contributed by atoms with Gasteiger partial charge in [0.25, 0.3) is 0 Å². The van der Waals surface area contributed by atoms with Crippen molar-refractivity contribution in [1.29, 1.82) is 0 Å². The Kier molecular flexibility index (Phi) is 4.87. The number of benzene rings is 2. The fraction of sp³-hybridized carbons (Fsp3) is 0.409. The maximum atomic E-state index is 13.1. The van der Waals surface area contributed by atoms with Crippen LogP contribution in [0.2, 0.25) is 0 Å². The summed E-state index contributed by atoms with van der Waals surface area (Å²) >= 11 is 0. The molecule has 0 radical (unpaired) electrons. The molecule has 27 heavy (non-hydrogen) atoms. The third-order valence-electron chi connectivity index (χ3n) is 5.84. The monoisotopic (exact) mass is 368 g/mol. The van der Waals surface area contributed by atoms with E-state index in [2.05, 4.69) is 34.1 Å². The van der Waals surface area contributed by atoms with Crippen molar-refractivity contribution in [2.45, 2.75) is 25.8 Å². The molecule has 4 nitrogen and oxygen atoms in total. The summed E-state index contributed by atoms with van der Waals surface area (Å²) in [6.45, 7) is 4.72. The van der Waals surface area contributed by atoms with Crippen molar-refractivity contribution in [3.8, 4) is 0 Å². The van der Waals surface area contributed by atoms with E-state index < -0.39 is 11.4 Å². The van der Waals surface area contributed by atoms with E-state index in [0.29, 0.717) is 6.42 Å². The van der Waals surface area contributed by atoms with Crippen LogP contribution in [0.25, 0.3) is 0 Å². The second kappa shape index (κ2) is 7.31. The minimum atomic E-state index is -0.661. The van der Waals surface area contributed by atoms with Gasteiger partial charge < -0.3 is 10.0 Å². The molecule has 2 aromatic carbocycles. The first kappa shape index (κ1) is 18.0. The molecule has 5 heteroatoms. The summed E-state index contributed by atoms with van der Waals surface area (Å²) in [6, 6.07) is 15.1. The van der Waals surface area contributed by atoms with Gasteiger partial charge in [-0.3, -0.25) is 9.69 Å². The number of nitrogens with zero attached hydrogens (tertiary/aromatic N) is 2. The molecule has 1 aliphatic carbocycles. The molecule has 2 fully saturated rings.